The van der Waals surface area contributed by atoms with Crippen molar-refractivity contribution < 1.29 is 17.2 Å². The normalized spacial score (nSPS) is 13.7. The van der Waals surface area contributed by atoms with Gasteiger partial charge in [-0.2, -0.15) is 0 Å². The van der Waals surface area contributed by atoms with Crippen LogP contribution in [0.3, 0.4) is 0 Å². The Morgan fingerprint density at radius 1 is 1.20 bits per heavy atom. The molecule has 2 nitrogen and oxygen atoms in total. The van der Waals surface area contributed by atoms with Gasteiger partial charge >= 0.3 is 0 Å². The van der Waals surface area contributed by atoms with Crippen molar-refractivity contribution in [2.24, 2.45) is 0 Å². The lowest BCUT2D eigenvalue weighted by Crippen LogP contribution is -2.19. The molecule has 0 bridgehead atoms. The van der Waals surface area contributed by atoms with E-state index in [-0.39, 0.29) is 10.5 Å². The van der Waals surface area contributed by atoms with Gasteiger partial charge in [0.25, 0.3) is 0 Å². The molecular weight excluding hydrogens is 282 g/mol. The molecule has 0 saturated carbocycles. The molecule has 114 valence electrons. The standard InChI is InChI=1S/C15H22F2O2S/c1-4-6-12-7-8-14(13(9-12)10-15(16)17)20(18,19)11(3)5-2/h7-9,11,15H,4-6,10H2,1-3H3. The molecule has 20 heavy (non-hydrogen) atoms. The topological polar surface area (TPSA) is 34.1 Å². The molecule has 0 aliphatic heterocycles. The SMILES string of the molecule is CCCc1ccc(S(=O)(=O)C(C)CC)c(CC(F)F)c1. The molecule has 0 aliphatic carbocycles. The summed E-state index contributed by atoms with van der Waals surface area (Å²) in [6, 6.07) is 4.84. The second kappa shape index (κ2) is 7.16. The van der Waals surface area contributed by atoms with Crippen molar-refractivity contribution in [3.8, 4) is 0 Å². The fourth-order valence-electron chi connectivity index (χ4n) is 2.12. The summed E-state index contributed by atoms with van der Waals surface area (Å²) in [4.78, 5) is 0.0620. The van der Waals surface area contributed by atoms with Gasteiger partial charge < -0.3 is 0 Å². The van der Waals surface area contributed by atoms with Gasteiger partial charge in [0.1, 0.15) is 0 Å². The van der Waals surface area contributed by atoms with E-state index in [2.05, 4.69) is 0 Å². The molecule has 0 spiro atoms. The van der Waals surface area contributed by atoms with Crippen LogP contribution in [-0.2, 0) is 22.7 Å². The molecule has 0 fully saturated rings. The summed E-state index contributed by atoms with van der Waals surface area (Å²) in [5.74, 6) is 0. The van der Waals surface area contributed by atoms with Crippen LogP contribution in [-0.4, -0.2) is 20.1 Å². The Morgan fingerprint density at radius 3 is 2.35 bits per heavy atom. The zero-order valence-electron chi connectivity index (χ0n) is 12.2. The van der Waals surface area contributed by atoms with Crippen LogP contribution in [0.5, 0.6) is 0 Å². The van der Waals surface area contributed by atoms with Gasteiger partial charge in [-0.3, -0.25) is 0 Å². The van der Waals surface area contributed by atoms with E-state index in [0.29, 0.717) is 6.42 Å². The van der Waals surface area contributed by atoms with Crippen molar-refractivity contribution in [3.05, 3.63) is 29.3 Å². The Bertz CT molecular complexity index is 539. The van der Waals surface area contributed by atoms with E-state index in [1.165, 1.54) is 6.07 Å². The van der Waals surface area contributed by atoms with Crippen LogP contribution in [0, 0.1) is 0 Å². The third-order valence-corrected chi connectivity index (χ3v) is 5.85. The first-order valence-electron chi connectivity index (χ1n) is 6.96. The molecule has 0 saturated heterocycles. The number of sulfone groups is 1. The van der Waals surface area contributed by atoms with Crippen LogP contribution in [0.4, 0.5) is 8.78 Å². The van der Waals surface area contributed by atoms with Crippen molar-refractivity contribution in [1.82, 2.24) is 0 Å². The summed E-state index contributed by atoms with van der Waals surface area (Å²) in [7, 11) is -3.53. The average molecular weight is 304 g/mol. The quantitative estimate of drug-likeness (QED) is 0.762. The monoisotopic (exact) mass is 304 g/mol. The number of hydrogen-bond donors (Lipinski definition) is 0. The van der Waals surface area contributed by atoms with Crippen molar-refractivity contribution >= 4 is 9.84 Å². The summed E-state index contributed by atoms with van der Waals surface area (Å²) in [5, 5.41) is -0.559. The summed E-state index contributed by atoms with van der Waals surface area (Å²) in [6.45, 7) is 5.39. The number of aryl methyl sites for hydroxylation is 1. The predicted molar refractivity (Wildman–Crippen MR) is 77.1 cm³/mol. The van der Waals surface area contributed by atoms with Gasteiger partial charge in [-0.15, -0.1) is 0 Å². The Labute approximate surface area is 120 Å². The first-order valence-corrected chi connectivity index (χ1v) is 8.51. The maximum atomic E-state index is 12.7. The highest BCUT2D eigenvalue weighted by Crippen LogP contribution is 2.25. The van der Waals surface area contributed by atoms with E-state index in [0.717, 1.165) is 18.4 Å². The molecule has 5 heteroatoms. The van der Waals surface area contributed by atoms with Gasteiger partial charge in [0.2, 0.25) is 6.43 Å². The van der Waals surface area contributed by atoms with Gasteiger partial charge in [-0.25, -0.2) is 17.2 Å². The van der Waals surface area contributed by atoms with Gasteiger partial charge in [0.15, 0.2) is 9.84 Å². The maximum absolute atomic E-state index is 12.7. The molecule has 1 aromatic rings. The first-order chi connectivity index (χ1) is 9.32. The van der Waals surface area contributed by atoms with Gasteiger partial charge in [0.05, 0.1) is 10.1 Å². The minimum atomic E-state index is -3.53. The fourth-order valence-corrected chi connectivity index (χ4v) is 3.75. The predicted octanol–water partition coefficient (Wildman–Crippen LogP) is 4.02. The smallest absolute Gasteiger partial charge is 0.223 e. The van der Waals surface area contributed by atoms with Crippen LogP contribution in [0.15, 0.2) is 23.1 Å². The molecule has 0 aliphatic rings. The second-order valence-electron chi connectivity index (χ2n) is 5.05. The molecule has 0 heterocycles. The van der Waals surface area contributed by atoms with Crippen LogP contribution < -0.4 is 0 Å². The van der Waals surface area contributed by atoms with Crippen molar-refractivity contribution in [1.29, 1.82) is 0 Å². The Morgan fingerprint density at radius 2 is 1.85 bits per heavy atom. The van der Waals surface area contributed by atoms with Crippen LogP contribution >= 0.6 is 0 Å². The van der Waals surface area contributed by atoms with Crippen LogP contribution in [0.2, 0.25) is 0 Å². The minimum Gasteiger partial charge on any atom is -0.223 e. The van der Waals surface area contributed by atoms with E-state index < -0.39 is 27.9 Å². The number of benzene rings is 1. The molecule has 0 radical (unpaired) electrons. The lowest BCUT2D eigenvalue weighted by Gasteiger charge is -2.16. The number of hydrogen-bond acceptors (Lipinski definition) is 2. The highest BCUT2D eigenvalue weighted by molar-refractivity contribution is 7.92. The van der Waals surface area contributed by atoms with Crippen molar-refractivity contribution in [2.75, 3.05) is 0 Å². The number of alkyl halides is 2. The number of halogens is 2. The molecule has 0 amide bonds. The largest absolute Gasteiger partial charge is 0.242 e. The zero-order chi connectivity index (χ0) is 15.3. The van der Waals surface area contributed by atoms with E-state index in [9.17, 15) is 17.2 Å². The summed E-state index contributed by atoms with van der Waals surface area (Å²) in [6.07, 6.45) is -0.931. The summed E-state index contributed by atoms with van der Waals surface area (Å²) >= 11 is 0. The van der Waals surface area contributed by atoms with Gasteiger partial charge in [0, 0.05) is 6.42 Å². The van der Waals surface area contributed by atoms with Gasteiger partial charge in [-0.05, 0) is 37.0 Å². The zero-order valence-corrected chi connectivity index (χ0v) is 13.0. The number of rotatable bonds is 7. The molecular formula is C15H22F2O2S. The molecule has 1 rings (SSSR count). The third kappa shape index (κ3) is 4.01. The van der Waals surface area contributed by atoms with Crippen molar-refractivity contribution in [3.63, 3.8) is 0 Å². The molecule has 0 aromatic heterocycles. The maximum Gasteiger partial charge on any atom is 0.242 e. The van der Waals surface area contributed by atoms with Crippen molar-refractivity contribution in [2.45, 2.75) is 63.0 Å². The molecule has 1 unspecified atom stereocenters. The fraction of sp³-hybridized carbons (Fsp3) is 0.600. The highest BCUT2D eigenvalue weighted by Gasteiger charge is 2.25. The summed E-state index contributed by atoms with van der Waals surface area (Å²) < 4.78 is 50.2. The van der Waals surface area contributed by atoms with Crippen LogP contribution in [0.1, 0.15) is 44.7 Å². The third-order valence-electron chi connectivity index (χ3n) is 3.45. The Hall–Kier alpha value is -0.970. The van der Waals surface area contributed by atoms with Gasteiger partial charge in [-0.1, -0.05) is 32.4 Å². The van der Waals surface area contributed by atoms with E-state index >= 15 is 0 Å². The molecule has 1 aromatic carbocycles. The van der Waals surface area contributed by atoms with E-state index in [1.807, 2.05) is 6.92 Å². The van der Waals surface area contributed by atoms with E-state index in [1.54, 1.807) is 26.0 Å². The highest BCUT2D eigenvalue weighted by atomic mass is 32.2. The average Bonchev–Trinajstić information content (AvgIpc) is 2.37. The Kier molecular flexibility index (Phi) is 6.11. The second-order valence-corrected chi connectivity index (χ2v) is 7.39. The molecule has 0 N–H and O–H groups in total. The molecule has 1 atom stereocenters. The Balaban J connectivity index is 3.31. The summed E-state index contributed by atoms with van der Waals surface area (Å²) in [5.41, 5.74) is 1.15. The minimum absolute atomic E-state index is 0.0620. The lowest BCUT2D eigenvalue weighted by atomic mass is 10.0. The van der Waals surface area contributed by atoms with Crippen LogP contribution in [0.25, 0.3) is 0 Å². The lowest BCUT2D eigenvalue weighted by molar-refractivity contribution is 0.148. The first kappa shape index (κ1) is 17.1. The van der Waals surface area contributed by atoms with E-state index in [4.69, 9.17) is 0 Å².